The van der Waals surface area contributed by atoms with Crippen LogP contribution in [0.3, 0.4) is 0 Å². The van der Waals surface area contributed by atoms with Crippen molar-refractivity contribution >= 4 is 75.7 Å². The van der Waals surface area contributed by atoms with Crippen LogP contribution in [0.5, 0.6) is 0 Å². The summed E-state index contributed by atoms with van der Waals surface area (Å²) in [5.74, 6) is 0. The van der Waals surface area contributed by atoms with E-state index in [0.29, 0.717) is 44.3 Å². The molecule has 0 aromatic heterocycles. The third kappa shape index (κ3) is 6.44. The highest BCUT2D eigenvalue weighted by atomic mass is 32.2. The molecule has 0 heterocycles. The smallest absolute Gasteiger partial charge is 0.238 e. The second kappa shape index (κ2) is 12.7. The number of benzene rings is 6. The first-order valence-corrected chi connectivity index (χ1v) is 18.4. The average Bonchev–Trinajstić information content (AvgIpc) is 3.04. The lowest BCUT2D eigenvalue weighted by Gasteiger charge is -2.13. The molecule has 0 saturated carbocycles. The Bertz CT molecular complexity index is 2440. The van der Waals surface area contributed by atoms with E-state index >= 15 is 0 Å². The zero-order chi connectivity index (χ0) is 36.1. The number of nitrogen functional groups attached to an aromatic ring is 2. The minimum atomic E-state index is -4.05. The topological polar surface area (TPSA) is 222 Å². The molecule has 0 aliphatic rings. The normalized spacial score (nSPS) is 12.5. The van der Waals surface area contributed by atoms with Crippen LogP contribution in [0.25, 0.3) is 32.7 Å². The van der Waals surface area contributed by atoms with Gasteiger partial charge in [-0.25, -0.2) is 27.1 Å². The summed E-state index contributed by atoms with van der Waals surface area (Å²) in [6.07, 6.45) is 0. The van der Waals surface area contributed by atoms with Gasteiger partial charge in [-0.1, -0.05) is 48.5 Å². The molecule has 0 spiro atoms. The number of hydrogen-bond acceptors (Lipinski definition) is 10. The van der Waals surface area contributed by atoms with Gasteiger partial charge in [0, 0.05) is 21.5 Å². The molecule has 50 heavy (non-hydrogen) atoms. The number of azo groups is 2. The van der Waals surface area contributed by atoms with Crippen molar-refractivity contribution in [3.8, 4) is 11.1 Å². The van der Waals surface area contributed by atoms with Crippen LogP contribution < -0.4 is 21.7 Å². The third-order valence-corrected chi connectivity index (χ3v) is 10.4. The zero-order valence-electron chi connectivity index (χ0n) is 27.6. The number of primary sulfonamides is 2. The van der Waals surface area contributed by atoms with E-state index in [-0.39, 0.29) is 21.2 Å². The fourth-order valence-corrected chi connectivity index (χ4v) is 7.63. The predicted molar refractivity (Wildman–Crippen MR) is 199 cm³/mol. The molecule has 0 radical (unpaired) electrons. The van der Waals surface area contributed by atoms with Gasteiger partial charge in [-0.05, 0) is 97.5 Å². The molecule has 0 unspecified atom stereocenters. The fourth-order valence-electron chi connectivity index (χ4n) is 6.11. The van der Waals surface area contributed by atoms with Crippen LogP contribution in [-0.4, -0.2) is 16.8 Å². The summed E-state index contributed by atoms with van der Waals surface area (Å²) in [5.41, 5.74) is 20.2. The van der Waals surface area contributed by atoms with Crippen molar-refractivity contribution in [3.05, 3.63) is 107 Å². The maximum absolute atomic E-state index is 12.4. The lowest BCUT2D eigenvalue weighted by Crippen LogP contribution is -2.13. The van der Waals surface area contributed by atoms with Crippen LogP contribution >= 0.6 is 0 Å². The summed E-state index contributed by atoms with van der Waals surface area (Å²) in [5, 5.41) is 30.5. The van der Waals surface area contributed by atoms with Gasteiger partial charge < -0.3 is 11.5 Å². The Hall–Kier alpha value is -5.54. The number of sulfonamides is 2. The Morgan fingerprint density at radius 3 is 1.06 bits per heavy atom. The highest BCUT2D eigenvalue weighted by Gasteiger charge is 2.19. The molecule has 0 atom stereocenters. The number of nitrogens with zero attached hydrogens (tertiary/aromatic N) is 4. The fraction of sp³-hybridized carbons (Fsp3) is 0.111. The van der Waals surface area contributed by atoms with Gasteiger partial charge >= 0.3 is 0 Å². The second-order valence-electron chi connectivity index (χ2n) is 12.1. The van der Waals surface area contributed by atoms with Crippen molar-refractivity contribution in [2.24, 2.45) is 30.7 Å². The van der Waals surface area contributed by atoms with Crippen LogP contribution in [0.1, 0.15) is 22.3 Å². The van der Waals surface area contributed by atoms with Crippen molar-refractivity contribution < 1.29 is 16.8 Å². The largest absolute Gasteiger partial charge is 0.396 e. The first kappa shape index (κ1) is 34.3. The van der Waals surface area contributed by atoms with Crippen molar-refractivity contribution in [2.45, 2.75) is 37.5 Å². The SMILES string of the molecule is Cc1cc(-c2cc(C)c(N=Nc3cc(S(N)(=O)=O)c4ccccc4c3N)c(C)c2)cc(C)c1N=Nc1cc(S(N)(=O)=O)c2ccccc2c1N. The van der Waals surface area contributed by atoms with Gasteiger partial charge in [0.2, 0.25) is 20.0 Å². The van der Waals surface area contributed by atoms with E-state index in [1.165, 1.54) is 12.1 Å². The van der Waals surface area contributed by atoms with E-state index in [2.05, 4.69) is 20.5 Å². The highest BCUT2D eigenvalue weighted by molar-refractivity contribution is 7.89. The minimum Gasteiger partial charge on any atom is -0.396 e. The quantitative estimate of drug-likeness (QED) is 0.0945. The molecule has 0 fully saturated rings. The maximum Gasteiger partial charge on any atom is 0.238 e. The first-order chi connectivity index (χ1) is 23.5. The molecular formula is C36H34N8O4S2. The summed E-state index contributed by atoms with van der Waals surface area (Å²) in [6.45, 7) is 7.65. The molecule has 0 aliphatic carbocycles. The number of rotatable bonds is 7. The summed E-state index contributed by atoms with van der Waals surface area (Å²) in [6, 6.07) is 24.3. The van der Waals surface area contributed by atoms with Gasteiger partial charge in [0.25, 0.3) is 0 Å². The van der Waals surface area contributed by atoms with Crippen molar-refractivity contribution in [3.63, 3.8) is 0 Å². The minimum absolute atomic E-state index is 0.0808. The number of nitrogens with two attached hydrogens (primary N) is 4. The van der Waals surface area contributed by atoms with Crippen LogP contribution in [0.4, 0.5) is 34.1 Å². The van der Waals surface area contributed by atoms with E-state index < -0.39 is 20.0 Å². The first-order valence-electron chi connectivity index (χ1n) is 15.3. The van der Waals surface area contributed by atoms with Gasteiger partial charge in [0.1, 0.15) is 11.4 Å². The van der Waals surface area contributed by atoms with Crippen molar-refractivity contribution in [1.82, 2.24) is 0 Å². The zero-order valence-corrected chi connectivity index (χ0v) is 29.3. The van der Waals surface area contributed by atoms with Gasteiger partial charge in [0.05, 0.1) is 32.5 Å². The summed E-state index contributed by atoms with van der Waals surface area (Å²) in [7, 11) is -8.10. The number of fused-ring (bicyclic) bond motifs is 2. The van der Waals surface area contributed by atoms with Gasteiger partial charge in [-0.2, -0.15) is 0 Å². The lowest BCUT2D eigenvalue weighted by atomic mass is 9.95. The summed E-state index contributed by atoms with van der Waals surface area (Å²) < 4.78 is 49.4. The standard InChI is InChI=1S/C36H34N8O4S2/c1-19-13-23(14-20(2)35(19)43-41-29-17-31(49(39,45)46)25-9-5-7-11-27(25)33(29)37)24-15-21(3)36(22(4)16-24)44-42-30-18-32(50(40,47)48)26-10-6-8-12-28(26)34(30)38/h5-18H,37-38H2,1-4H3,(H2,39,45,46)(H2,40,47,48). The van der Waals surface area contributed by atoms with Crippen molar-refractivity contribution in [2.75, 3.05) is 11.5 Å². The number of hydrogen-bond donors (Lipinski definition) is 4. The molecule has 254 valence electrons. The van der Waals surface area contributed by atoms with E-state index in [1.807, 2.05) is 52.0 Å². The molecule has 12 nitrogen and oxygen atoms in total. The Balaban J connectivity index is 1.34. The van der Waals surface area contributed by atoms with Crippen LogP contribution in [0.15, 0.2) is 115 Å². The van der Waals surface area contributed by atoms with E-state index in [0.717, 1.165) is 33.4 Å². The Kier molecular flexibility index (Phi) is 8.74. The lowest BCUT2D eigenvalue weighted by molar-refractivity contribution is 0.597. The molecule has 6 aromatic rings. The Labute approximate surface area is 289 Å². The molecule has 0 amide bonds. The molecule has 0 saturated heterocycles. The van der Waals surface area contributed by atoms with E-state index in [1.54, 1.807) is 48.5 Å². The van der Waals surface area contributed by atoms with Crippen molar-refractivity contribution in [1.29, 1.82) is 0 Å². The molecule has 0 aliphatic heterocycles. The van der Waals surface area contributed by atoms with E-state index in [4.69, 9.17) is 21.7 Å². The summed E-state index contributed by atoms with van der Waals surface area (Å²) >= 11 is 0. The predicted octanol–water partition coefficient (Wildman–Crippen LogP) is 8.18. The second-order valence-corrected chi connectivity index (χ2v) is 15.2. The Morgan fingerprint density at radius 2 is 0.760 bits per heavy atom. The molecule has 14 heteroatoms. The third-order valence-electron chi connectivity index (χ3n) is 8.50. The number of anilines is 2. The van der Waals surface area contributed by atoms with E-state index in [9.17, 15) is 16.8 Å². The van der Waals surface area contributed by atoms with Gasteiger partial charge in [-0.15, -0.1) is 20.5 Å². The summed E-state index contributed by atoms with van der Waals surface area (Å²) in [4.78, 5) is -0.162. The molecule has 6 rings (SSSR count). The monoisotopic (exact) mass is 706 g/mol. The molecular weight excluding hydrogens is 673 g/mol. The average molecular weight is 707 g/mol. The molecule has 6 aromatic carbocycles. The van der Waals surface area contributed by atoms with Gasteiger partial charge in [-0.3, -0.25) is 0 Å². The highest BCUT2D eigenvalue weighted by Crippen LogP contribution is 2.40. The molecule has 8 N–H and O–H groups in total. The maximum atomic E-state index is 12.4. The van der Waals surface area contributed by atoms with Crippen LogP contribution in [0, 0.1) is 27.7 Å². The number of aryl methyl sites for hydroxylation is 4. The Morgan fingerprint density at radius 1 is 0.460 bits per heavy atom. The van der Waals surface area contributed by atoms with Crippen LogP contribution in [-0.2, 0) is 20.0 Å². The van der Waals surface area contributed by atoms with Gasteiger partial charge in [0.15, 0.2) is 0 Å². The van der Waals surface area contributed by atoms with Crippen LogP contribution in [0.2, 0.25) is 0 Å². The molecule has 0 bridgehead atoms.